The first-order valence-corrected chi connectivity index (χ1v) is 14.5. The van der Waals surface area contributed by atoms with Crippen LogP contribution in [0.3, 0.4) is 0 Å². The maximum absolute atomic E-state index is 12.5. The summed E-state index contributed by atoms with van der Waals surface area (Å²) in [6.07, 6.45) is 7.42. The number of hydrogen-bond donors (Lipinski definition) is 2. The molecule has 3 N–H and O–H groups in total. The van der Waals surface area contributed by atoms with Crippen molar-refractivity contribution in [3.05, 3.63) is 30.6 Å². The van der Waals surface area contributed by atoms with Gasteiger partial charge in [0.15, 0.2) is 0 Å². The average Bonchev–Trinajstić information content (AvgIpc) is 2.90. The Morgan fingerprint density at radius 2 is 1.43 bits per heavy atom. The fourth-order valence-electron chi connectivity index (χ4n) is 4.94. The second kappa shape index (κ2) is 14.0. The number of benzene rings is 1. The first-order chi connectivity index (χ1) is 18.9. The largest absolute Gasteiger partial charge is 0.444 e. The summed E-state index contributed by atoms with van der Waals surface area (Å²) in [5.41, 5.74) is 5.66. The van der Waals surface area contributed by atoms with Gasteiger partial charge in [0.05, 0.1) is 11.6 Å². The lowest BCUT2D eigenvalue weighted by Gasteiger charge is -2.37. The van der Waals surface area contributed by atoms with E-state index in [0.29, 0.717) is 13.1 Å². The molecule has 4 rings (SSSR count). The number of likely N-dealkylation sites (tertiary alicyclic amines) is 2. The predicted molar refractivity (Wildman–Crippen MR) is 158 cm³/mol. The summed E-state index contributed by atoms with van der Waals surface area (Å²) in [5, 5.41) is 4.39. The number of piperidine rings is 2. The van der Waals surface area contributed by atoms with Crippen LogP contribution in [0.25, 0.3) is 10.9 Å². The van der Waals surface area contributed by atoms with Gasteiger partial charge in [-0.2, -0.15) is 0 Å². The van der Waals surface area contributed by atoms with E-state index in [1.54, 1.807) is 11.2 Å². The highest BCUT2D eigenvalue weighted by molar-refractivity contribution is 5.88. The number of rotatable bonds is 4. The van der Waals surface area contributed by atoms with Gasteiger partial charge in [-0.05, 0) is 92.2 Å². The fourth-order valence-corrected chi connectivity index (χ4v) is 4.94. The van der Waals surface area contributed by atoms with Crippen molar-refractivity contribution in [2.75, 3.05) is 31.5 Å². The summed E-state index contributed by atoms with van der Waals surface area (Å²) in [4.78, 5) is 36.6. The molecule has 3 heterocycles. The van der Waals surface area contributed by atoms with Crippen LogP contribution < -0.4 is 11.1 Å². The van der Waals surface area contributed by atoms with Crippen LogP contribution in [0.4, 0.5) is 15.4 Å². The SMILES string of the molecule is CC(C)(C)OC(=O)N1CCCC[C@H]1CN.CC(C)(C)OC(=O)N1CCCC[C@H]1CNc1ncnc2ccccc12. The van der Waals surface area contributed by atoms with E-state index in [1.807, 2.05) is 70.7 Å². The molecule has 2 amide bonds. The minimum Gasteiger partial charge on any atom is -0.444 e. The van der Waals surface area contributed by atoms with Gasteiger partial charge in [-0.3, -0.25) is 0 Å². The molecule has 10 nitrogen and oxygen atoms in total. The van der Waals surface area contributed by atoms with Gasteiger partial charge < -0.3 is 30.3 Å². The number of nitrogens with one attached hydrogen (secondary N) is 1. The number of carbonyl (C=O) groups excluding carboxylic acids is 2. The summed E-state index contributed by atoms with van der Waals surface area (Å²) >= 11 is 0. The van der Waals surface area contributed by atoms with Crippen molar-refractivity contribution in [3.63, 3.8) is 0 Å². The third-order valence-electron chi connectivity index (χ3n) is 6.83. The Kier molecular flexibility index (Phi) is 11.0. The van der Waals surface area contributed by atoms with Crippen molar-refractivity contribution in [2.45, 2.75) is 103 Å². The number of anilines is 1. The smallest absolute Gasteiger partial charge is 0.410 e. The molecule has 0 unspecified atom stereocenters. The monoisotopic (exact) mass is 556 g/mol. The first-order valence-electron chi connectivity index (χ1n) is 14.5. The van der Waals surface area contributed by atoms with Crippen LogP contribution in [0, 0.1) is 0 Å². The topological polar surface area (TPSA) is 123 Å². The highest BCUT2D eigenvalue weighted by Gasteiger charge is 2.31. The van der Waals surface area contributed by atoms with Gasteiger partial charge in [0.2, 0.25) is 0 Å². The number of amides is 2. The van der Waals surface area contributed by atoms with Crippen molar-refractivity contribution in [3.8, 4) is 0 Å². The van der Waals surface area contributed by atoms with Crippen molar-refractivity contribution < 1.29 is 19.1 Å². The fraction of sp³-hybridized carbons (Fsp3) is 0.667. The molecule has 10 heteroatoms. The molecule has 1 aromatic heterocycles. The van der Waals surface area contributed by atoms with Gasteiger partial charge in [0.1, 0.15) is 23.3 Å². The summed E-state index contributed by atoms with van der Waals surface area (Å²) in [7, 11) is 0. The second-order valence-corrected chi connectivity index (χ2v) is 12.5. The van der Waals surface area contributed by atoms with E-state index in [2.05, 4.69) is 15.3 Å². The number of para-hydroxylation sites is 1. The van der Waals surface area contributed by atoms with Crippen LogP contribution in [0.5, 0.6) is 0 Å². The number of nitrogens with two attached hydrogens (primary N) is 1. The van der Waals surface area contributed by atoms with Crippen LogP contribution in [0.1, 0.15) is 80.1 Å². The number of nitrogens with zero attached hydrogens (tertiary/aromatic N) is 4. The van der Waals surface area contributed by atoms with E-state index in [-0.39, 0.29) is 24.3 Å². The second-order valence-electron chi connectivity index (χ2n) is 12.5. The lowest BCUT2D eigenvalue weighted by Crippen LogP contribution is -2.49. The number of carbonyl (C=O) groups is 2. The molecule has 40 heavy (non-hydrogen) atoms. The van der Waals surface area contributed by atoms with E-state index in [1.165, 1.54) is 0 Å². The predicted octanol–water partition coefficient (Wildman–Crippen LogP) is 5.57. The average molecular weight is 557 g/mol. The molecule has 0 spiro atoms. The molecular formula is C30H48N6O4. The van der Waals surface area contributed by atoms with Gasteiger partial charge in [-0.15, -0.1) is 0 Å². The zero-order chi connectivity index (χ0) is 29.3. The van der Waals surface area contributed by atoms with Crippen LogP contribution >= 0.6 is 0 Å². The van der Waals surface area contributed by atoms with Gasteiger partial charge >= 0.3 is 12.2 Å². The normalized spacial score (nSPS) is 19.9. The molecule has 2 aliphatic rings. The minimum absolute atomic E-state index is 0.109. The highest BCUT2D eigenvalue weighted by atomic mass is 16.6. The quantitative estimate of drug-likeness (QED) is 0.501. The van der Waals surface area contributed by atoms with Crippen LogP contribution in [0.15, 0.2) is 30.6 Å². The standard InChI is InChI=1S/C19H26N4O2.C11H22N2O2/c1-19(2,3)25-18(24)23-11-7-6-8-14(23)12-20-17-15-9-4-5-10-16(15)21-13-22-17;1-11(2,3)15-10(14)13-7-5-4-6-9(13)8-12/h4-5,9-10,13-14H,6-8,11-12H2,1-3H3,(H,20,21,22);9H,4-8,12H2,1-3H3/t14-;9-/m00/s1. The van der Waals surface area contributed by atoms with Crippen LogP contribution in [-0.4, -0.2) is 81.4 Å². The molecule has 222 valence electrons. The molecule has 2 aromatic rings. The number of hydrogen-bond acceptors (Lipinski definition) is 8. The van der Waals surface area contributed by atoms with Gasteiger partial charge in [-0.25, -0.2) is 19.6 Å². The van der Waals surface area contributed by atoms with Crippen LogP contribution in [-0.2, 0) is 9.47 Å². The van der Waals surface area contributed by atoms with E-state index in [4.69, 9.17) is 15.2 Å². The minimum atomic E-state index is -0.477. The Hall–Kier alpha value is -3.14. The number of aromatic nitrogens is 2. The molecule has 1 aromatic carbocycles. The summed E-state index contributed by atoms with van der Waals surface area (Å²) in [6.45, 7) is 14.0. The van der Waals surface area contributed by atoms with Crippen LogP contribution in [0.2, 0.25) is 0 Å². The first kappa shape index (κ1) is 31.4. The third-order valence-corrected chi connectivity index (χ3v) is 6.83. The van der Waals surface area contributed by atoms with Crippen molar-refractivity contribution in [2.24, 2.45) is 5.73 Å². The molecular weight excluding hydrogens is 508 g/mol. The Morgan fingerprint density at radius 1 is 0.875 bits per heavy atom. The lowest BCUT2D eigenvalue weighted by atomic mass is 10.0. The Balaban J connectivity index is 0.000000252. The van der Waals surface area contributed by atoms with E-state index in [0.717, 1.165) is 68.3 Å². The molecule has 0 aliphatic carbocycles. The molecule has 2 aliphatic heterocycles. The third kappa shape index (κ3) is 9.50. The Morgan fingerprint density at radius 3 is 2.00 bits per heavy atom. The summed E-state index contributed by atoms with van der Waals surface area (Å²) in [6, 6.07) is 8.18. The van der Waals surface area contributed by atoms with Crippen molar-refractivity contribution in [1.82, 2.24) is 19.8 Å². The van der Waals surface area contributed by atoms with E-state index < -0.39 is 11.2 Å². The lowest BCUT2D eigenvalue weighted by molar-refractivity contribution is 0.0101. The van der Waals surface area contributed by atoms with E-state index >= 15 is 0 Å². The molecule has 2 atom stereocenters. The molecule has 2 fully saturated rings. The summed E-state index contributed by atoms with van der Waals surface area (Å²) < 4.78 is 10.9. The number of fused-ring (bicyclic) bond motifs is 1. The summed E-state index contributed by atoms with van der Waals surface area (Å²) in [5.74, 6) is 0.806. The Labute approximate surface area is 239 Å². The maximum atomic E-state index is 12.5. The van der Waals surface area contributed by atoms with Gasteiger partial charge in [0, 0.05) is 37.6 Å². The molecule has 0 saturated carbocycles. The van der Waals surface area contributed by atoms with E-state index in [9.17, 15) is 9.59 Å². The molecule has 0 bridgehead atoms. The zero-order valence-electron chi connectivity index (χ0n) is 25.1. The molecule has 0 radical (unpaired) electrons. The maximum Gasteiger partial charge on any atom is 0.410 e. The van der Waals surface area contributed by atoms with Gasteiger partial charge in [0.25, 0.3) is 0 Å². The van der Waals surface area contributed by atoms with Crippen molar-refractivity contribution >= 4 is 28.9 Å². The van der Waals surface area contributed by atoms with Gasteiger partial charge in [-0.1, -0.05) is 12.1 Å². The molecule has 2 saturated heterocycles. The number of ether oxygens (including phenoxy) is 2. The zero-order valence-corrected chi connectivity index (χ0v) is 25.1. The Bertz CT molecular complexity index is 1110. The highest BCUT2D eigenvalue weighted by Crippen LogP contribution is 2.23. The van der Waals surface area contributed by atoms with Crippen molar-refractivity contribution in [1.29, 1.82) is 0 Å².